The Morgan fingerprint density at radius 3 is 2.70 bits per heavy atom. The maximum absolute atomic E-state index is 5.28. The monoisotopic (exact) mass is 297 g/mol. The maximum atomic E-state index is 5.28. The molecule has 0 bridgehead atoms. The fourth-order valence-corrected chi connectivity index (χ4v) is 3.75. The zero-order valence-electron chi connectivity index (χ0n) is 12.9. The zero-order valence-corrected chi connectivity index (χ0v) is 13.8. The van der Waals surface area contributed by atoms with Gasteiger partial charge < -0.3 is 15.0 Å². The molecule has 1 fully saturated rings. The highest BCUT2D eigenvalue weighted by molar-refractivity contribution is 7.15. The Hall–Kier alpha value is -0.650. The minimum atomic E-state index is 0.614. The van der Waals surface area contributed by atoms with Crippen LogP contribution in [0.1, 0.15) is 43.7 Å². The fraction of sp³-hybridized carbons (Fsp3) is 0.800. The Labute approximate surface area is 126 Å². The quantitative estimate of drug-likeness (QED) is 0.839. The summed E-state index contributed by atoms with van der Waals surface area (Å²) in [6, 6.07) is 0. The lowest BCUT2D eigenvalue weighted by Crippen LogP contribution is -2.33. The number of methoxy groups -OCH3 is 1. The summed E-state index contributed by atoms with van der Waals surface area (Å²) < 4.78 is 5.28. The van der Waals surface area contributed by atoms with E-state index in [0.29, 0.717) is 6.61 Å². The van der Waals surface area contributed by atoms with Gasteiger partial charge in [-0.1, -0.05) is 20.3 Å². The van der Waals surface area contributed by atoms with E-state index in [1.807, 2.05) is 11.3 Å². The first-order valence-electron chi connectivity index (χ1n) is 7.71. The molecule has 2 rings (SSSR count). The van der Waals surface area contributed by atoms with E-state index in [9.17, 15) is 0 Å². The van der Waals surface area contributed by atoms with E-state index >= 15 is 0 Å². The smallest absolute Gasteiger partial charge is 0.185 e. The summed E-state index contributed by atoms with van der Waals surface area (Å²) in [4.78, 5) is 8.58. The number of piperidine rings is 1. The van der Waals surface area contributed by atoms with E-state index in [-0.39, 0.29) is 0 Å². The average molecular weight is 297 g/mol. The number of thiazole rings is 1. The molecule has 1 aromatic heterocycles. The Kier molecular flexibility index (Phi) is 6.26. The van der Waals surface area contributed by atoms with Crippen LogP contribution in [0.3, 0.4) is 0 Å². The molecule has 2 heterocycles. The van der Waals surface area contributed by atoms with Crippen molar-refractivity contribution >= 4 is 16.5 Å². The highest BCUT2D eigenvalue weighted by atomic mass is 32.1. The number of nitrogens with one attached hydrogen (secondary N) is 1. The molecule has 0 atom stereocenters. The maximum Gasteiger partial charge on any atom is 0.185 e. The van der Waals surface area contributed by atoms with Gasteiger partial charge in [-0.15, -0.1) is 11.3 Å². The van der Waals surface area contributed by atoms with E-state index in [1.54, 1.807) is 7.11 Å². The molecule has 5 heteroatoms. The predicted molar refractivity (Wildman–Crippen MR) is 85.4 cm³/mol. The molecule has 1 N–H and O–H groups in total. The second kappa shape index (κ2) is 7.96. The van der Waals surface area contributed by atoms with Gasteiger partial charge in [-0.3, -0.25) is 0 Å². The summed E-state index contributed by atoms with van der Waals surface area (Å²) in [5.41, 5.74) is 1.10. The first-order valence-corrected chi connectivity index (χ1v) is 8.53. The van der Waals surface area contributed by atoms with Crippen molar-refractivity contribution in [2.24, 2.45) is 5.92 Å². The molecule has 20 heavy (non-hydrogen) atoms. The number of anilines is 1. The van der Waals surface area contributed by atoms with Gasteiger partial charge in [0.25, 0.3) is 0 Å². The second-order valence-corrected chi connectivity index (χ2v) is 6.48. The van der Waals surface area contributed by atoms with E-state index in [2.05, 4.69) is 24.1 Å². The first-order chi connectivity index (χ1) is 9.78. The average Bonchev–Trinajstić information content (AvgIpc) is 2.89. The third-order valence-corrected chi connectivity index (χ3v) is 5.20. The lowest BCUT2D eigenvalue weighted by Gasteiger charge is -2.31. The van der Waals surface area contributed by atoms with Gasteiger partial charge >= 0.3 is 0 Å². The molecule has 0 radical (unpaired) electrons. The Bertz CT molecular complexity index is 400. The van der Waals surface area contributed by atoms with Gasteiger partial charge in [-0.05, 0) is 25.3 Å². The number of rotatable bonds is 7. The molecule has 1 saturated heterocycles. The lowest BCUT2D eigenvalue weighted by molar-refractivity contribution is 0.181. The Morgan fingerprint density at radius 1 is 1.35 bits per heavy atom. The van der Waals surface area contributed by atoms with Crippen molar-refractivity contribution in [2.45, 2.75) is 46.3 Å². The molecule has 1 aliphatic heterocycles. The van der Waals surface area contributed by atoms with Crippen LogP contribution in [0.2, 0.25) is 0 Å². The number of hydrogen-bond donors (Lipinski definition) is 1. The highest BCUT2D eigenvalue weighted by Crippen LogP contribution is 2.31. The fourth-order valence-electron chi connectivity index (χ4n) is 2.66. The number of hydrogen-bond acceptors (Lipinski definition) is 5. The SMILES string of the molecule is CCNCc1sc(N2CCC(CC)CC2)nc1COC. The number of aromatic nitrogens is 1. The van der Waals surface area contributed by atoms with Crippen molar-refractivity contribution in [3.8, 4) is 0 Å². The van der Waals surface area contributed by atoms with Crippen LogP contribution in [-0.2, 0) is 17.9 Å². The molecule has 0 unspecified atom stereocenters. The van der Waals surface area contributed by atoms with E-state index < -0.39 is 0 Å². The lowest BCUT2D eigenvalue weighted by atomic mass is 9.95. The van der Waals surface area contributed by atoms with Crippen LogP contribution < -0.4 is 10.2 Å². The molecular weight excluding hydrogens is 270 g/mol. The van der Waals surface area contributed by atoms with Crippen molar-refractivity contribution in [3.63, 3.8) is 0 Å². The van der Waals surface area contributed by atoms with Gasteiger partial charge in [0.15, 0.2) is 5.13 Å². The molecule has 0 amide bonds. The van der Waals surface area contributed by atoms with Crippen LogP contribution in [0.15, 0.2) is 0 Å². The minimum Gasteiger partial charge on any atom is -0.378 e. The first kappa shape index (κ1) is 15.7. The van der Waals surface area contributed by atoms with Crippen LogP contribution in [0, 0.1) is 5.92 Å². The van der Waals surface area contributed by atoms with E-state index in [1.165, 1.54) is 29.3 Å². The molecule has 0 aliphatic carbocycles. The summed E-state index contributed by atoms with van der Waals surface area (Å²) in [6.45, 7) is 9.24. The summed E-state index contributed by atoms with van der Waals surface area (Å²) in [7, 11) is 1.74. The summed E-state index contributed by atoms with van der Waals surface area (Å²) >= 11 is 1.83. The normalized spacial score (nSPS) is 16.9. The molecule has 0 saturated carbocycles. The van der Waals surface area contributed by atoms with Gasteiger partial charge in [0.05, 0.1) is 12.3 Å². The largest absolute Gasteiger partial charge is 0.378 e. The van der Waals surface area contributed by atoms with Crippen LogP contribution in [0.5, 0.6) is 0 Å². The Balaban J connectivity index is 2.04. The van der Waals surface area contributed by atoms with Crippen LogP contribution >= 0.6 is 11.3 Å². The van der Waals surface area contributed by atoms with E-state index in [0.717, 1.165) is 37.8 Å². The standard InChI is InChI=1S/C15H27N3OS/c1-4-12-6-8-18(9-7-12)15-17-13(11-19-3)14(20-15)10-16-5-2/h12,16H,4-11H2,1-3H3. The molecule has 1 aromatic rings. The van der Waals surface area contributed by atoms with Crippen molar-refractivity contribution in [1.29, 1.82) is 0 Å². The molecule has 0 aromatic carbocycles. The van der Waals surface area contributed by atoms with E-state index in [4.69, 9.17) is 9.72 Å². The minimum absolute atomic E-state index is 0.614. The predicted octanol–water partition coefficient (Wildman–Crippen LogP) is 3.03. The zero-order chi connectivity index (χ0) is 14.4. The van der Waals surface area contributed by atoms with Gasteiger partial charge in [-0.2, -0.15) is 0 Å². The van der Waals surface area contributed by atoms with Crippen molar-refractivity contribution in [3.05, 3.63) is 10.6 Å². The summed E-state index contributed by atoms with van der Waals surface area (Å²) in [6.07, 6.45) is 3.92. The molecule has 0 spiro atoms. The Morgan fingerprint density at radius 2 is 2.10 bits per heavy atom. The van der Waals surface area contributed by atoms with Gasteiger partial charge in [-0.25, -0.2) is 4.98 Å². The second-order valence-electron chi connectivity index (χ2n) is 5.42. The third-order valence-electron chi connectivity index (χ3n) is 4.05. The summed E-state index contributed by atoms with van der Waals surface area (Å²) in [5, 5.41) is 4.57. The van der Waals surface area contributed by atoms with Crippen LogP contribution in [0.4, 0.5) is 5.13 Å². The van der Waals surface area contributed by atoms with Crippen molar-refractivity contribution < 1.29 is 4.74 Å². The molecule has 1 aliphatic rings. The van der Waals surface area contributed by atoms with Gasteiger partial charge in [0, 0.05) is 31.6 Å². The van der Waals surface area contributed by atoms with Crippen LogP contribution in [0.25, 0.3) is 0 Å². The van der Waals surface area contributed by atoms with Gasteiger partial charge in [0.2, 0.25) is 0 Å². The van der Waals surface area contributed by atoms with Crippen molar-refractivity contribution in [1.82, 2.24) is 10.3 Å². The number of nitrogens with zero attached hydrogens (tertiary/aromatic N) is 2. The van der Waals surface area contributed by atoms with Crippen molar-refractivity contribution in [2.75, 3.05) is 31.6 Å². The van der Waals surface area contributed by atoms with Gasteiger partial charge in [0.1, 0.15) is 0 Å². The summed E-state index contributed by atoms with van der Waals surface area (Å²) in [5.74, 6) is 0.908. The van der Waals surface area contributed by atoms with Crippen LogP contribution in [-0.4, -0.2) is 31.7 Å². The topological polar surface area (TPSA) is 37.4 Å². The highest BCUT2D eigenvalue weighted by Gasteiger charge is 2.21. The molecule has 114 valence electrons. The third kappa shape index (κ3) is 3.93. The molecule has 4 nitrogen and oxygen atoms in total. The molecular formula is C15H27N3OS. The number of ether oxygens (including phenoxy) is 1.